The van der Waals surface area contributed by atoms with Crippen molar-refractivity contribution >= 4 is 19.7 Å². The van der Waals surface area contributed by atoms with Crippen molar-refractivity contribution in [3.8, 4) is 11.8 Å². The summed E-state index contributed by atoms with van der Waals surface area (Å²) >= 11 is 0. The van der Waals surface area contributed by atoms with E-state index < -0.39 is 26.3 Å². The molecule has 98 valence electrons. The fraction of sp³-hybridized carbons (Fsp3) is 0.222. The Morgan fingerprint density at radius 3 is 2.50 bits per heavy atom. The number of halogens is 3. The molecule has 0 bridgehead atoms. The van der Waals surface area contributed by atoms with Crippen molar-refractivity contribution < 1.29 is 21.9 Å². The van der Waals surface area contributed by atoms with Gasteiger partial charge in [0.15, 0.2) is 5.75 Å². The van der Waals surface area contributed by atoms with E-state index in [4.69, 9.17) is 21.7 Å². The second kappa shape index (κ2) is 5.48. The number of nitrogens with zero attached hydrogens (tertiary/aromatic N) is 1. The fourth-order valence-corrected chi connectivity index (χ4v) is 2.27. The molecule has 0 spiro atoms. The average Bonchev–Trinajstić information content (AvgIpc) is 2.26. The van der Waals surface area contributed by atoms with Crippen LogP contribution in [0, 0.1) is 11.3 Å². The Labute approximate surface area is 106 Å². The summed E-state index contributed by atoms with van der Waals surface area (Å²) in [6, 6.07) is 3.69. The SMILES string of the molecule is N#Cc1cc(CN)cc(S(=O)(=O)Cl)c1OC(F)F. The predicted octanol–water partition coefficient (Wildman–Crippen LogP) is 1.55. The number of hydrogen-bond donors (Lipinski definition) is 1. The lowest BCUT2D eigenvalue weighted by atomic mass is 10.1. The van der Waals surface area contributed by atoms with Crippen molar-refractivity contribution in [3.63, 3.8) is 0 Å². The van der Waals surface area contributed by atoms with Gasteiger partial charge in [-0.05, 0) is 17.7 Å². The molecule has 1 aromatic rings. The first-order chi connectivity index (χ1) is 8.29. The summed E-state index contributed by atoms with van der Waals surface area (Å²) < 4.78 is 50.9. The van der Waals surface area contributed by atoms with Gasteiger partial charge in [0, 0.05) is 17.2 Å². The van der Waals surface area contributed by atoms with E-state index in [0.29, 0.717) is 0 Å². The lowest BCUT2D eigenvalue weighted by molar-refractivity contribution is -0.0519. The molecule has 1 rings (SSSR count). The van der Waals surface area contributed by atoms with Gasteiger partial charge in [0.1, 0.15) is 11.0 Å². The van der Waals surface area contributed by atoms with E-state index in [-0.39, 0.29) is 17.7 Å². The number of benzene rings is 1. The van der Waals surface area contributed by atoms with Gasteiger partial charge in [-0.2, -0.15) is 14.0 Å². The first-order valence-electron chi connectivity index (χ1n) is 4.46. The Balaban J connectivity index is 3.59. The maximum absolute atomic E-state index is 12.2. The third kappa shape index (κ3) is 3.29. The van der Waals surface area contributed by atoms with Crippen LogP contribution in [0.4, 0.5) is 8.78 Å². The molecule has 0 saturated heterocycles. The Morgan fingerprint density at radius 2 is 2.11 bits per heavy atom. The van der Waals surface area contributed by atoms with Crippen LogP contribution in [0.1, 0.15) is 11.1 Å². The summed E-state index contributed by atoms with van der Waals surface area (Å²) in [6.07, 6.45) is 0. The van der Waals surface area contributed by atoms with E-state index in [1.807, 2.05) is 0 Å². The topological polar surface area (TPSA) is 93.2 Å². The van der Waals surface area contributed by atoms with E-state index in [9.17, 15) is 17.2 Å². The highest BCUT2D eigenvalue weighted by Gasteiger charge is 2.24. The van der Waals surface area contributed by atoms with Gasteiger partial charge in [0.25, 0.3) is 9.05 Å². The fourth-order valence-electron chi connectivity index (χ4n) is 1.25. The molecule has 0 aliphatic heterocycles. The molecule has 0 unspecified atom stereocenters. The third-order valence-corrected chi connectivity index (χ3v) is 3.27. The Hall–Kier alpha value is -1.43. The van der Waals surface area contributed by atoms with Gasteiger partial charge in [0.05, 0.1) is 5.56 Å². The highest BCUT2D eigenvalue weighted by atomic mass is 35.7. The van der Waals surface area contributed by atoms with Gasteiger partial charge in [0.2, 0.25) is 0 Å². The zero-order valence-electron chi connectivity index (χ0n) is 8.73. The van der Waals surface area contributed by atoms with Crippen molar-refractivity contribution in [1.82, 2.24) is 0 Å². The highest BCUT2D eigenvalue weighted by molar-refractivity contribution is 8.13. The average molecular weight is 297 g/mol. The normalized spacial score (nSPS) is 11.3. The lowest BCUT2D eigenvalue weighted by Gasteiger charge is -2.11. The van der Waals surface area contributed by atoms with Gasteiger partial charge in [-0.3, -0.25) is 0 Å². The standard InChI is InChI=1S/C9H7ClF2N2O3S/c10-18(15,16)7-2-5(3-13)1-6(4-14)8(7)17-9(11)12/h1-2,9H,3,13H2. The molecule has 0 radical (unpaired) electrons. The first-order valence-corrected chi connectivity index (χ1v) is 6.77. The minimum Gasteiger partial charge on any atom is -0.432 e. The summed E-state index contributed by atoms with van der Waals surface area (Å²) in [7, 11) is 0.765. The van der Waals surface area contributed by atoms with Crippen LogP contribution in [-0.4, -0.2) is 15.0 Å². The molecule has 1 aromatic carbocycles. The maximum atomic E-state index is 12.2. The van der Waals surface area contributed by atoms with E-state index in [1.54, 1.807) is 6.07 Å². The molecule has 2 N–H and O–H groups in total. The van der Waals surface area contributed by atoms with Gasteiger partial charge in [-0.15, -0.1) is 0 Å². The summed E-state index contributed by atoms with van der Waals surface area (Å²) in [5, 5.41) is 8.79. The Bertz CT molecular complexity index is 599. The van der Waals surface area contributed by atoms with Crippen molar-refractivity contribution in [2.45, 2.75) is 18.1 Å². The molecule has 0 heterocycles. The van der Waals surface area contributed by atoms with E-state index in [1.165, 1.54) is 0 Å². The number of ether oxygens (including phenoxy) is 1. The van der Waals surface area contributed by atoms with Gasteiger partial charge in [-0.25, -0.2) is 8.42 Å². The summed E-state index contributed by atoms with van der Waals surface area (Å²) in [4.78, 5) is -0.705. The largest absolute Gasteiger partial charge is 0.432 e. The molecule has 0 saturated carbocycles. The number of nitriles is 1. The van der Waals surface area contributed by atoms with Crippen LogP contribution in [0.2, 0.25) is 0 Å². The van der Waals surface area contributed by atoms with Crippen molar-refractivity contribution in [3.05, 3.63) is 23.3 Å². The Morgan fingerprint density at radius 1 is 1.50 bits per heavy atom. The quantitative estimate of drug-likeness (QED) is 0.851. The smallest absolute Gasteiger partial charge is 0.387 e. The molecule has 0 atom stereocenters. The molecular weight excluding hydrogens is 290 g/mol. The van der Waals surface area contributed by atoms with Crippen LogP contribution < -0.4 is 10.5 Å². The third-order valence-electron chi connectivity index (χ3n) is 1.94. The van der Waals surface area contributed by atoms with Gasteiger partial charge in [-0.1, -0.05) is 0 Å². The molecule has 0 aromatic heterocycles. The molecule has 0 aliphatic carbocycles. The van der Waals surface area contributed by atoms with E-state index in [0.717, 1.165) is 12.1 Å². The van der Waals surface area contributed by atoms with E-state index >= 15 is 0 Å². The van der Waals surface area contributed by atoms with E-state index in [2.05, 4.69) is 4.74 Å². The molecule has 0 amide bonds. The van der Waals surface area contributed by atoms with Crippen LogP contribution in [0.15, 0.2) is 17.0 Å². The van der Waals surface area contributed by atoms with Crippen molar-refractivity contribution in [2.24, 2.45) is 5.73 Å². The molecular formula is C9H7ClF2N2O3S. The van der Waals surface area contributed by atoms with Crippen LogP contribution in [0.3, 0.4) is 0 Å². The molecule has 18 heavy (non-hydrogen) atoms. The van der Waals surface area contributed by atoms with Crippen molar-refractivity contribution in [2.75, 3.05) is 0 Å². The Kier molecular flexibility index (Phi) is 4.45. The molecule has 9 heteroatoms. The summed E-state index contributed by atoms with van der Waals surface area (Å²) in [5.41, 5.74) is 5.18. The molecule has 5 nitrogen and oxygen atoms in total. The maximum Gasteiger partial charge on any atom is 0.387 e. The number of alkyl halides is 2. The van der Waals surface area contributed by atoms with Crippen LogP contribution in [0.25, 0.3) is 0 Å². The monoisotopic (exact) mass is 296 g/mol. The van der Waals surface area contributed by atoms with Gasteiger partial charge >= 0.3 is 6.61 Å². The number of nitrogens with two attached hydrogens (primary N) is 1. The summed E-state index contributed by atoms with van der Waals surface area (Å²) in [5.74, 6) is -0.778. The molecule has 0 fully saturated rings. The molecule has 0 aliphatic rings. The zero-order valence-corrected chi connectivity index (χ0v) is 10.3. The number of hydrogen-bond acceptors (Lipinski definition) is 5. The minimum atomic E-state index is -4.34. The van der Waals surface area contributed by atoms with Crippen LogP contribution in [-0.2, 0) is 15.6 Å². The number of rotatable bonds is 4. The second-order valence-electron chi connectivity index (χ2n) is 3.10. The summed E-state index contributed by atoms with van der Waals surface area (Å²) in [6.45, 7) is -3.36. The van der Waals surface area contributed by atoms with Crippen molar-refractivity contribution in [1.29, 1.82) is 5.26 Å². The van der Waals surface area contributed by atoms with Gasteiger partial charge < -0.3 is 10.5 Å². The first kappa shape index (κ1) is 14.6. The minimum absolute atomic E-state index is 0.0803. The zero-order chi connectivity index (χ0) is 13.9. The lowest BCUT2D eigenvalue weighted by Crippen LogP contribution is -2.09. The van der Waals surface area contributed by atoms with Crippen LogP contribution in [0.5, 0.6) is 5.75 Å². The van der Waals surface area contributed by atoms with Crippen LogP contribution >= 0.6 is 10.7 Å². The highest BCUT2D eigenvalue weighted by Crippen LogP contribution is 2.33. The second-order valence-corrected chi connectivity index (χ2v) is 5.64. The predicted molar refractivity (Wildman–Crippen MR) is 58.7 cm³/mol.